The zero-order valence-corrected chi connectivity index (χ0v) is 13.9. The van der Waals surface area contributed by atoms with Gasteiger partial charge >= 0.3 is 6.03 Å². The van der Waals surface area contributed by atoms with Gasteiger partial charge in [-0.15, -0.1) is 0 Å². The lowest BCUT2D eigenvalue weighted by molar-refractivity contribution is 0.193. The third-order valence-corrected chi connectivity index (χ3v) is 4.22. The second-order valence-electron chi connectivity index (χ2n) is 5.93. The van der Waals surface area contributed by atoms with Gasteiger partial charge in [0.15, 0.2) is 0 Å². The first-order valence-electron chi connectivity index (χ1n) is 8.16. The molecule has 0 atom stereocenters. The topological polar surface area (TPSA) is 75.9 Å². The molecule has 2 amide bonds. The average molecular weight is 334 g/mol. The van der Waals surface area contributed by atoms with Gasteiger partial charge in [-0.05, 0) is 30.7 Å². The highest BCUT2D eigenvalue weighted by molar-refractivity contribution is 5.94. The summed E-state index contributed by atoms with van der Waals surface area (Å²) in [5.74, 6) is 1.56. The van der Waals surface area contributed by atoms with Crippen LogP contribution in [0.5, 0.6) is 0 Å². The Morgan fingerprint density at radius 1 is 1.12 bits per heavy atom. The maximum atomic E-state index is 12.7. The highest BCUT2D eigenvalue weighted by atomic mass is 16.2. The third kappa shape index (κ3) is 3.08. The van der Waals surface area contributed by atoms with Gasteiger partial charge in [-0.1, -0.05) is 18.2 Å². The number of carbonyl (C=O) groups excluding carboxylic acids is 1. The van der Waals surface area contributed by atoms with E-state index in [1.54, 1.807) is 17.3 Å². The minimum absolute atomic E-state index is 0.131. The van der Waals surface area contributed by atoms with Crippen LogP contribution in [0.2, 0.25) is 0 Å². The van der Waals surface area contributed by atoms with Gasteiger partial charge in [-0.25, -0.2) is 14.5 Å². The molecule has 0 aliphatic carbocycles. The van der Waals surface area contributed by atoms with Gasteiger partial charge in [0.1, 0.15) is 11.6 Å². The molecule has 3 heterocycles. The Balaban J connectivity index is 1.54. The molecule has 0 radical (unpaired) electrons. The molecular formula is C18H18N6O. The lowest BCUT2D eigenvalue weighted by Gasteiger charge is -2.27. The smallest absolute Gasteiger partial charge is 0.315 e. The van der Waals surface area contributed by atoms with Crippen LogP contribution in [0, 0.1) is 6.92 Å². The van der Waals surface area contributed by atoms with Gasteiger partial charge in [0.25, 0.3) is 0 Å². The second kappa shape index (κ2) is 6.35. The van der Waals surface area contributed by atoms with E-state index in [2.05, 4.69) is 20.4 Å². The van der Waals surface area contributed by atoms with E-state index in [4.69, 9.17) is 0 Å². The van der Waals surface area contributed by atoms with Crippen LogP contribution < -0.4 is 5.32 Å². The molecule has 126 valence electrons. The van der Waals surface area contributed by atoms with Gasteiger partial charge < -0.3 is 10.2 Å². The van der Waals surface area contributed by atoms with E-state index in [0.29, 0.717) is 19.6 Å². The summed E-state index contributed by atoms with van der Waals surface area (Å²) in [7, 11) is 0. The average Bonchev–Trinajstić information content (AvgIpc) is 3.02. The molecule has 4 rings (SSSR count). The molecule has 0 bridgehead atoms. The molecule has 7 nitrogen and oxygen atoms in total. The highest BCUT2D eigenvalue weighted by Crippen LogP contribution is 2.27. The quantitative estimate of drug-likeness (QED) is 0.782. The molecular weight excluding hydrogens is 316 g/mol. The number of aromatic nitrogens is 4. The normalized spacial score (nSPS) is 13.4. The van der Waals surface area contributed by atoms with Crippen LogP contribution in [-0.2, 0) is 13.1 Å². The van der Waals surface area contributed by atoms with Crippen molar-refractivity contribution in [1.29, 1.82) is 0 Å². The maximum Gasteiger partial charge on any atom is 0.322 e. The molecule has 0 fully saturated rings. The fourth-order valence-corrected chi connectivity index (χ4v) is 3.00. The molecule has 1 aliphatic rings. The number of hydrogen-bond donors (Lipinski definition) is 1. The number of amides is 2. The zero-order valence-electron chi connectivity index (χ0n) is 13.9. The number of fused-ring (bicyclic) bond motifs is 1. The van der Waals surface area contributed by atoms with Crippen molar-refractivity contribution in [2.75, 3.05) is 11.9 Å². The van der Waals surface area contributed by atoms with Crippen molar-refractivity contribution in [2.24, 2.45) is 0 Å². The lowest BCUT2D eigenvalue weighted by Crippen LogP contribution is -2.41. The molecule has 2 aromatic heterocycles. The zero-order chi connectivity index (χ0) is 17.2. The number of carbonyl (C=O) groups is 1. The monoisotopic (exact) mass is 334 g/mol. The van der Waals surface area contributed by atoms with E-state index in [1.165, 1.54) is 0 Å². The van der Waals surface area contributed by atoms with Gasteiger partial charge in [0.05, 0.1) is 18.8 Å². The summed E-state index contributed by atoms with van der Waals surface area (Å²) in [5.41, 5.74) is 2.76. The van der Waals surface area contributed by atoms with Gasteiger partial charge in [0, 0.05) is 24.5 Å². The summed E-state index contributed by atoms with van der Waals surface area (Å²) in [5, 5.41) is 7.35. The van der Waals surface area contributed by atoms with Crippen molar-refractivity contribution in [3.8, 4) is 11.1 Å². The molecule has 0 spiro atoms. The van der Waals surface area contributed by atoms with Crippen LogP contribution in [0.15, 0.2) is 48.8 Å². The minimum Gasteiger partial charge on any atom is -0.315 e. The molecule has 7 heteroatoms. The number of nitrogens with zero attached hydrogens (tertiary/aromatic N) is 5. The fourth-order valence-electron chi connectivity index (χ4n) is 3.00. The second-order valence-corrected chi connectivity index (χ2v) is 5.93. The van der Waals surface area contributed by atoms with Crippen molar-refractivity contribution in [3.63, 3.8) is 0 Å². The van der Waals surface area contributed by atoms with Crippen molar-refractivity contribution < 1.29 is 4.79 Å². The standard InChI is InChI=1S/C18H18N6O/c1-13-20-17-12-23(10-11-24(17)22-13)18(25)21-16-5-3-2-4-15(16)14-6-8-19-9-7-14/h2-9H,10-12H2,1H3,(H,21,25). The van der Waals surface area contributed by atoms with E-state index >= 15 is 0 Å². The predicted octanol–water partition coefficient (Wildman–Crippen LogP) is 2.70. The number of nitrogens with one attached hydrogen (secondary N) is 1. The number of pyridine rings is 1. The number of aryl methyl sites for hydroxylation is 1. The first-order chi connectivity index (χ1) is 12.2. The Bertz CT molecular complexity index is 905. The Morgan fingerprint density at radius 3 is 2.76 bits per heavy atom. The van der Waals surface area contributed by atoms with E-state index < -0.39 is 0 Å². The fraction of sp³-hybridized carbons (Fsp3) is 0.222. The first-order valence-corrected chi connectivity index (χ1v) is 8.16. The number of rotatable bonds is 2. The van der Waals surface area contributed by atoms with E-state index in [1.807, 2.05) is 48.0 Å². The molecule has 0 unspecified atom stereocenters. The van der Waals surface area contributed by atoms with Crippen LogP contribution in [0.1, 0.15) is 11.6 Å². The molecule has 0 saturated heterocycles. The summed E-state index contributed by atoms with van der Waals surface area (Å²) < 4.78 is 1.87. The van der Waals surface area contributed by atoms with Gasteiger partial charge in [-0.3, -0.25) is 4.98 Å². The Morgan fingerprint density at radius 2 is 1.92 bits per heavy atom. The van der Waals surface area contributed by atoms with E-state index in [9.17, 15) is 4.79 Å². The van der Waals surface area contributed by atoms with Crippen molar-refractivity contribution >= 4 is 11.7 Å². The van der Waals surface area contributed by atoms with Crippen molar-refractivity contribution in [1.82, 2.24) is 24.6 Å². The molecule has 1 N–H and O–H groups in total. The predicted molar refractivity (Wildman–Crippen MR) is 93.9 cm³/mol. The van der Waals surface area contributed by atoms with Crippen LogP contribution in [-0.4, -0.2) is 37.2 Å². The molecule has 25 heavy (non-hydrogen) atoms. The van der Waals surface area contributed by atoms with Crippen molar-refractivity contribution in [3.05, 3.63) is 60.4 Å². The summed E-state index contributed by atoms with van der Waals surface area (Å²) >= 11 is 0. The first kappa shape index (κ1) is 15.3. The molecule has 0 saturated carbocycles. The van der Waals surface area contributed by atoms with E-state index in [0.717, 1.165) is 28.5 Å². The van der Waals surface area contributed by atoms with Gasteiger partial charge in [0.2, 0.25) is 0 Å². The van der Waals surface area contributed by atoms with E-state index in [-0.39, 0.29) is 6.03 Å². The number of hydrogen-bond acceptors (Lipinski definition) is 4. The lowest BCUT2D eigenvalue weighted by atomic mass is 10.1. The third-order valence-electron chi connectivity index (χ3n) is 4.22. The summed E-state index contributed by atoms with van der Waals surface area (Å²) in [6.07, 6.45) is 3.49. The van der Waals surface area contributed by atoms with Crippen LogP contribution in [0.25, 0.3) is 11.1 Å². The van der Waals surface area contributed by atoms with Crippen LogP contribution in [0.3, 0.4) is 0 Å². The summed E-state index contributed by atoms with van der Waals surface area (Å²) in [6.45, 7) is 3.60. The molecule has 1 aromatic carbocycles. The minimum atomic E-state index is -0.131. The summed E-state index contributed by atoms with van der Waals surface area (Å²) in [6, 6.07) is 11.5. The molecule has 3 aromatic rings. The highest BCUT2D eigenvalue weighted by Gasteiger charge is 2.23. The van der Waals surface area contributed by atoms with Crippen LogP contribution in [0.4, 0.5) is 10.5 Å². The van der Waals surface area contributed by atoms with Crippen molar-refractivity contribution in [2.45, 2.75) is 20.0 Å². The number of urea groups is 1. The largest absolute Gasteiger partial charge is 0.322 e. The molecule has 1 aliphatic heterocycles. The Kier molecular flexibility index (Phi) is 3.89. The summed E-state index contributed by atoms with van der Waals surface area (Å²) in [4.78, 5) is 22.9. The Hall–Kier alpha value is -3.22. The number of para-hydroxylation sites is 1. The number of benzene rings is 1. The SMILES string of the molecule is Cc1nc2n(n1)CCN(C(=O)Nc1ccccc1-c1ccncc1)C2. The number of anilines is 1. The maximum absolute atomic E-state index is 12.7. The Labute approximate surface area is 145 Å². The van der Waals surface area contributed by atoms with Gasteiger partial charge in [-0.2, -0.15) is 5.10 Å². The van der Waals surface area contributed by atoms with Crippen LogP contribution >= 0.6 is 0 Å².